The summed E-state index contributed by atoms with van der Waals surface area (Å²) in [6.07, 6.45) is 10.4. The molecule has 1 N–H and O–H groups in total. The molecule has 118 valence electrons. The molecule has 0 aliphatic heterocycles. The molecule has 0 bridgehead atoms. The van der Waals surface area contributed by atoms with Crippen molar-refractivity contribution in [3.63, 3.8) is 0 Å². The van der Waals surface area contributed by atoms with Crippen molar-refractivity contribution in [3.05, 3.63) is 34.7 Å². The van der Waals surface area contributed by atoms with Crippen LogP contribution in [0.25, 0.3) is 0 Å². The van der Waals surface area contributed by atoms with Gasteiger partial charge in [0.1, 0.15) is 5.82 Å². The summed E-state index contributed by atoms with van der Waals surface area (Å²) in [6, 6.07) is 6.54. The fourth-order valence-corrected chi connectivity index (χ4v) is 3.86. The minimum absolute atomic E-state index is 0.0918. The second-order valence-corrected chi connectivity index (χ2v) is 6.97. The Morgan fingerprint density at radius 1 is 1.32 bits per heavy atom. The summed E-state index contributed by atoms with van der Waals surface area (Å²) in [6.45, 7) is 0. The number of rotatable bonds is 6. The number of anilines is 1. The van der Waals surface area contributed by atoms with E-state index < -0.39 is 0 Å². The van der Waals surface area contributed by atoms with Crippen LogP contribution >= 0.6 is 11.3 Å². The summed E-state index contributed by atoms with van der Waals surface area (Å²) < 4.78 is 2.01. The second-order valence-electron chi connectivity index (χ2n) is 5.93. The van der Waals surface area contributed by atoms with Crippen LogP contribution in [0.15, 0.2) is 29.8 Å². The molecule has 1 fully saturated rings. The average Bonchev–Trinajstić information content (AvgIpc) is 3.20. The number of hydrogen-bond acceptors (Lipinski definition) is 3. The molecule has 4 nitrogen and oxygen atoms in total. The highest BCUT2D eigenvalue weighted by Crippen LogP contribution is 2.29. The molecular formula is C17H23N3OS. The number of nitrogens with one attached hydrogen (secondary N) is 1. The zero-order valence-electron chi connectivity index (χ0n) is 12.8. The molecule has 0 unspecified atom stereocenters. The van der Waals surface area contributed by atoms with Gasteiger partial charge in [-0.25, -0.2) is 4.68 Å². The summed E-state index contributed by atoms with van der Waals surface area (Å²) >= 11 is 1.76. The fourth-order valence-electron chi connectivity index (χ4n) is 3.11. The van der Waals surface area contributed by atoms with Gasteiger partial charge >= 0.3 is 0 Å². The highest BCUT2D eigenvalue weighted by Gasteiger charge is 2.19. The predicted octanol–water partition coefficient (Wildman–Crippen LogP) is 4.41. The van der Waals surface area contributed by atoms with E-state index in [-0.39, 0.29) is 5.91 Å². The first-order valence-corrected chi connectivity index (χ1v) is 9.06. The SMILES string of the molecule is O=C(CCCc1cccs1)Nc1ccnn1C1CCCCC1. The van der Waals surface area contributed by atoms with Gasteiger partial charge in [-0.1, -0.05) is 25.3 Å². The largest absolute Gasteiger partial charge is 0.311 e. The van der Waals surface area contributed by atoms with Crippen molar-refractivity contribution in [2.75, 3.05) is 5.32 Å². The first-order chi connectivity index (χ1) is 10.8. The van der Waals surface area contributed by atoms with Gasteiger partial charge in [-0.2, -0.15) is 5.10 Å². The van der Waals surface area contributed by atoms with Crippen molar-refractivity contribution < 1.29 is 4.79 Å². The summed E-state index contributed by atoms with van der Waals surface area (Å²) in [7, 11) is 0. The Labute approximate surface area is 135 Å². The van der Waals surface area contributed by atoms with E-state index in [4.69, 9.17) is 0 Å². The number of amides is 1. The van der Waals surface area contributed by atoms with Crippen LogP contribution in [0.5, 0.6) is 0 Å². The molecule has 1 aliphatic rings. The van der Waals surface area contributed by atoms with Gasteiger partial charge in [0.2, 0.25) is 5.91 Å². The number of aryl methyl sites for hydroxylation is 1. The first kappa shape index (κ1) is 15.3. The van der Waals surface area contributed by atoms with E-state index in [1.807, 2.05) is 10.7 Å². The molecule has 0 spiro atoms. The number of thiophene rings is 1. The average molecular weight is 317 g/mol. The third kappa shape index (κ3) is 3.97. The van der Waals surface area contributed by atoms with Gasteiger partial charge in [0.15, 0.2) is 0 Å². The quantitative estimate of drug-likeness (QED) is 0.857. The third-order valence-corrected chi connectivity index (χ3v) is 5.20. The highest BCUT2D eigenvalue weighted by atomic mass is 32.1. The van der Waals surface area contributed by atoms with Gasteiger partial charge in [0.25, 0.3) is 0 Å². The van der Waals surface area contributed by atoms with Gasteiger partial charge in [-0.15, -0.1) is 11.3 Å². The topological polar surface area (TPSA) is 46.9 Å². The molecule has 0 atom stereocenters. The van der Waals surface area contributed by atoms with E-state index in [0.717, 1.165) is 18.7 Å². The number of carbonyl (C=O) groups excluding carboxylic acids is 1. The van der Waals surface area contributed by atoms with Crippen LogP contribution in [0.3, 0.4) is 0 Å². The summed E-state index contributed by atoms with van der Waals surface area (Å²) in [5.41, 5.74) is 0. The Morgan fingerprint density at radius 3 is 2.95 bits per heavy atom. The Morgan fingerprint density at radius 2 is 2.18 bits per heavy atom. The Kier molecular flexibility index (Phi) is 5.27. The molecule has 1 saturated carbocycles. The van der Waals surface area contributed by atoms with Crippen LogP contribution in [0.4, 0.5) is 5.82 Å². The molecule has 1 amide bonds. The van der Waals surface area contributed by atoms with Gasteiger partial charge in [0, 0.05) is 17.4 Å². The second kappa shape index (κ2) is 7.58. The van der Waals surface area contributed by atoms with Crippen LogP contribution in [0, 0.1) is 0 Å². The monoisotopic (exact) mass is 317 g/mol. The van der Waals surface area contributed by atoms with Crippen LogP contribution in [0.2, 0.25) is 0 Å². The van der Waals surface area contributed by atoms with E-state index in [9.17, 15) is 4.79 Å². The molecule has 5 heteroatoms. The first-order valence-electron chi connectivity index (χ1n) is 8.18. The molecular weight excluding hydrogens is 294 g/mol. The van der Waals surface area contributed by atoms with Crippen molar-refractivity contribution in [3.8, 4) is 0 Å². The molecule has 0 aromatic carbocycles. The van der Waals surface area contributed by atoms with Crippen molar-refractivity contribution in [1.82, 2.24) is 9.78 Å². The lowest BCUT2D eigenvalue weighted by atomic mass is 9.96. The maximum atomic E-state index is 12.1. The summed E-state index contributed by atoms with van der Waals surface area (Å²) in [5, 5.41) is 9.53. The van der Waals surface area contributed by atoms with Gasteiger partial charge in [-0.3, -0.25) is 4.79 Å². The van der Waals surface area contributed by atoms with E-state index in [2.05, 4.69) is 27.9 Å². The maximum Gasteiger partial charge on any atom is 0.225 e. The van der Waals surface area contributed by atoms with Gasteiger partial charge in [-0.05, 0) is 37.1 Å². The highest BCUT2D eigenvalue weighted by molar-refractivity contribution is 7.09. The van der Waals surface area contributed by atoms with Crippen LogP contribution in [-0.2, 0) is 11.2 Å². The van der Waals surface area contributed by atoms with Gasteiger partial charge < -0.3 is 5.32 Å². The molecule has 2 aromatic rings. The molecule has 0 radical (unpaired) electrons. The number of hydrogen-bond donors (Lipinski definition) is 1. The maximum absolute atomic E-state index is 12.1. The van der Waals surface area contributed by atoms with Crippen LogP contribution in [-0.4, -0.2) is 15.7 Å². The van der Waals surface area contributed by atoms with E-state index in [1.165, 1.54) is 37.0 Å². The normalized spacial score (nSPS) is 15.8. The number of carbonyl (C=O) groups is 1. The fraction of sp³-hybridized carbons (Fsp3) is 0.529. The van der Waals surface area contributed by atoms with E-state index in [0.29, 0.717) is 12.5 Å². The standard InChI is InChI=1S/C17H23N3OS/c21-17(10-4-8-15-9-5-13-22-15)19-16-11-12-18-20(16)14-6-2-1-3-7-14/h5,9,11-14H,1-4,6-8,10H2,(H,19,21). The Hall–Kier alpha value is -1.62. The van der Waals surface area contributed by atoms with Crippen molar-refractivity contribution in [2.24, 2.45) is 0 Å². The van der Waals surface area contributed by atoms with Crippen LogP contribution in [0.1, 0.15) is 55.9 Å². The van der Waals surface area contributed by atoms with Gasteiger partial charge in [0.05, 0.1) is 12.2 Å². The Bertz CT molecular complexity index is 585. The minimum atomic E-state index is 0.0918. The van der Waals surface area contributed by atoms with E-state index in [1.54, 1.807) is 17.5 Å². The molecule has 3 rings (SSSR count). The van der Waals surface area contributed by atoms with Crippen molar-refractivity contribution >= 4 is 23.1 Å². The lowest BCUT2D eigenvalue weighted by Crippen LogP contribution is -2.20. The smallest absolute Gasteiger partial charge is 0.225 e. The lowest BCUT2D eigenvalue weighted by molar-refractivity contribution is -0.116. The predicted molar refractivity (Wildman–Crippen MR) is 90.2 cm³/mol. The van der Waals surface area contributed by atoms with Crippen molar-refractivity contribution in [1.29, 1.82) is 0 Å². The molecule has 2 heterocycles. The summed E-state index contributed by atoms with van der Waals surface area (Å²) in [5.74, 6) is 0.946. The van der Waals surface area contributed by atoms with E-state index >= 15 is 0 Å². The zero-order chi connectivity index (χ0) is 15.2. The van der Waals surface area contributed by atoms with Crippen LogP contribution < -0.4 is 5.32 Å². The van der Waals surface area contributed by atoms with Crippen molar-refractivity contribution in [2.45, 2.75) is 57.4 Å². The Balaban J connectivity index is 1.50. The third-order valence-electron chi connectivity index (χ3n) is 4.27. The minimum Gasteiger partial charge on any atom is -0.311 e. The summed E-state index contributed by atoms with van der Waals surface area (Å²) in [4.78, 5) is 13.5. The molecule has 0 saturated heterocycles. The lowest BCUT2D eigenvalue weighted by Gasteiger charge is -2.23. The number of nitrogens with zero attached hydrogens (tertiary/aromatic N) is 2. The molecule has 22 heavy (non-hydrogen) atoms. The molecule has 2 aromatic heterocycles. The zero-order valence-corrected chi connectivity index (χ0v) is 13.6. The molecule has 1 aliphatic carbocycles. The number of aromatic nitrogens is 2.